The number of sulfonamides is 1. The van der Waals surface area contributed by atoms with Crippen molar-refractivity contribution < 1.29 is 13.2 Å². The Morgan fingerprint density at radius 2 is 1.72 bits per heavy atom. The zero-order valence-electron chi connectivity index (χ0n) is 16.1. The molecule has 1 aromatic rings. The second-order valence-electron chi connectivity index (χ2n) is 7.28. The highest BCUT2D eigenvalue weighted by molar-refractivity contribution is 7.89. The maximum atomic E-state index is 12.9. The fourth-order valence-electron chi connectivity index (χ4n) is 2.57. The van der Waals surface area contributed by atoms with E-state index in [1.54, 1.807) is 12.1 Å². The van der Waals surface area contributed by atoms with E-state index in [-0.39, 0.29) is 10.8 Å². The van der Waals surface area contributed by atoms with Gasteiger partial charge in [0.15, 0.2) is 0 Å². The highest BCUT2D eigenvalue weighted by atomic mass is 32.2. The third-order valence-electron chi connectivity index (χ3n) is 3.67. The summed E-state index contributed by atoms with van der Waals surface area (Å²) in [7, 11) is -3.58. The summed E-state index contributed by atoms with van der Waals surface area (Å²) >= 11 is 0. The number of hydrogen-bond donors (Lipinski definition) is 1. The van der Waals surface area contributed by atoms with Gasteiger partial charge in [0.2, 0.25) is 10.0 Å². The molecule has 0 unspecified atom stereocenters. The van der Waals surface area contributed by atoms with Crippen LogP contribution in [0.4, 0.5) is 0 Å². The summed E-state index contributed by atoms with van der Waals surface area (Å²) in [6.45, 7) is 12.0. The molecule has 5 nitrogen and oxygen atoms in total. The predicted octanol–water partition coefficient (Wildman–Crippen LogP) is 3.52. The number of amides is 1. The maximum Gasteiger partial charge on any atom is 0.253 e. The average Bonchev–Trinajstić information content (AvgIpc) is 2.53. The topological polar surface area (TPSA) is 66.5 Å². The predicted molar refractivity (Wildman–Crippen MR) is 102 cm³/mol. The van der Waals surface area contributed by atoms with Crippen LogP contribution >= 0.6 is 0 Å². The molecule has 0 radical (unpaired) electrons. The number of unbranched alkanes of at least 4 members (excludes halogenated alkanes) is 1. The van der Waals surface area contributed by atoms with Crippen molar-refractivity contribution in [1.82, 2.24) is 9.62 Å². The number of carbonyl (C=O) groups excluding carboxylic acids is 1. The Morgan fingerprint density at radius 1 is 1.12 bits per heavy atom. The molecule has 0 saturated heterocycles. The molecule has 1 amide bonds. The number of rotatable bonds is 10. The van der Waals surface area contributed by atoms with E-state index in [4.69, 9.17) is 0 Å². The van der Waals surface area contributed by atoms with Gasteiger partial charge in [0, 0.05) is 25.2 Å². The summed E-state index contributed by atoms with van der Waals surface area (Å²) in [5, 5.41) is 0. The Hall–Kier alpha value is -1.40. The SMILES string of the molecule is CCCCNS(=O)(=O)c1cccc(C(=O)N(CC(C)C)CC(C)C)c1. The van der Waals surface area contributed by atoms with Gasteiger partial charge in [0.25, 0.3) is 5.91 Å². The summed E-state index contributed by atoms with van der Waals surface area (Å²) in [4.78, 5) is 14.8. The molecule has 0 atom stereocenters. The van der Waals surface area contributed by atoms with Crippen molar-refractivity contribution >= 4 is 15.9 Å². The van der Waals surface area contributed by atoms with Crippen molar-refractivity contribution in [3.63, 3.8) is 0 Å². The van der Waals surface area contributed by atoms with E-state index in [2.05, 4.69) is 32.4 Å². The fourth-order valence-corrected chi connectivity index (χ4v) is 3.69. The molecule has 0 fully saturated rings. The van der Waals surface area contributed by atoms with Gasteiger partial charge in [-0.1, -0.05) is 47.1 Å². The zero-order valence-corrected chi connectivity index (χ0v) is 16.9. The van der Waals surface area contributed by atoms with Gasteiger partial charge in [-0.05, 0) is 36.5 Å². The van der Waals surface area contributed by atoms with E-state index in [1.807, 2.05) is 11.8 Å². The molecule has 0 aromatic heterocycles. The summed E-state index contributed by atoms with van der Waals surface area (Å²) < 4.78 is 27.3. The van der Waals surface area contributed by atoms with Crippen LogP contribution in [-0.4, -0.2) is 38.9 Å². The molecule has 0 aliphatic carbocycles. The molecule has 0 bridgehead atoms. The van der Waals surface area contributed by atoms with Crippen molar-refractivity contribution in [3.05, 3.63) is 29.8 Å². The number of hydrogen-bond acceptors (Lipinski definition) is 3. The van der Waals surface area contributed by atoms with Crippen molar-refractivity contribution in [1.29, 1.82) is 0 Å². The van der Waals surface area contributed by atoms with Gasteiger partial charge in [0.1, 0.15) is 0 Å². The van der Waals surface area contributed by atoms with Gasteiger partial charge in [-0.15, -0.1) is 0 Å². The summed E-state index contributed by atoms with van der Waals surface area (Å²) in [6, 6.07) is 6.32. The minimum absolute atomic E-state index is 0.118. The smallest absolute Gasteiger partial charge is 0.253 e. The van der Waals surface area contributed by atoms with E-state index in [9.17, 15) is 13.2 Å². The van der Waals surface area contributed by atoms with Crippen LogP contribution in [0.1, 0.15) is 57.8 Å². The number of benzene rings is 1. The van der Waals surface area contributed by atoms with Crippen LogP contribution in [0.2, 0.25) is 0 Å². The fraction of sp³-hybridized carbons (Fsp3) is 0.632. The van der Waals surface area contributed by atoms with Gasteiger partial charge >= 0.3 is 0 Å². The third kappa shape index (κ3) is 7.16. The summed E-state index contributed by atoms with van der Waals surface area (Å²) in [5.74, 6) is 0.587. The number of nitrogens with zero attached hydrogens (tertiary/aromatic N) is 1. The van der Waals surface area contributed by atoms with Crippen LogP contribution in [0.5, 0.6) is 0 Å². The van der Waals surface area contributed by atoms with Crippen LogP contribution in [0.3, 0.4) is 0 Å². The highest BCUT2D eigenvalue weighted by Crippen LogP contribution is 2.15. The van der Waals surface area contributed by atoms with Crippen LogP contribution in [0, 0.1) is 11.8 Å². The van der Waals surface area contributed by atoms with Gasteiger partial charge in [0.05, 0.1) is 4.90 Å². The molecule has 0 aliphatic heterocycles. The van der Waals surface area contributed by atoms with E-state index in [0.29, 0.717) is 37.0 Å². The first-order valence-electron chi connectivity index (χ1n) is 9.06. The molecule has 0 heterocycles. The lowest BCUT2D eigenvalue weighted by Gasteiger charge is -2.26. The molecule has 1 aromatic carbocycles. The number of carbonyl (C=O) groups is 1. The Morgan fingerprint density at radius 3 is 2.24 bits per heavy atom. The molecule has 0 aliphatic rings. The molecular formula is C19H32N2O3S. The van der Waals surface area contributed by atoms with Gasteiger partial charge in [-0.25, -0.2) is 13.1 Å². The lowest BCUT2D eigenvalue weighted by molar-refractivity contribution is 0.0715. The molecule has 0 spiro atoms. The number of nitrogens with one attached hydrogen (secondary N) is 1. The zero-order chi connectivity index (χ0) is 19.0. The highest BCUT2D eigenvalue weighted by Gasteiger charge is 2.20. The van der Waals surface area contributed by atoms with Crippen molar-refractivity contribution in [2.45, 2.75) is 52.4 Å². The van der Waals surface area contributed by atoms with E-state index < -0.39 is 10.0 Å². The first kappa shape index (κ1) is 21.6. The van der Waals surface area contributed by atoms with Crippen LogP contribution in [0.25, 0.3) is 0 Å². The van der Waals surface area contributed by atoms with Gasteiger partial charge < -0.3 is 4.90 Å². The molecule has 6 heteroatoms. The minimum atomic E-state index is -3.58. The Balaban J connectivity index is 3.02. The Kier molecular flexibility index (Phi) is 8.59. The molecular weight excluding hydrogens is 336 g/mol. The third-order valence-corrected chi connectivity index (χ3v) is 5.13. The van der Waals surface area contributed by atoms with Crippen LogP contribution < -0.4 is 4.72 Å². The van der Waals surface area contributed by atoms with E-state index >= 15 is 0 Å². The van der Waals surface area contributed by atoms with Gasteiger partial charge in [-0.2, -0.15) is 0 Å². The lowest BCUT2D eigenvalue weighted by Crippen LogP contribution is -2.37. The monoisotopic (exact) mass is 368 g/mol. The van der Waals surface area contributed by atoms with E-state index in [0.717, 1.165) is 12.8 Å². The normalized spacial score (nSPS) is 12.0. The lowest BCUT2D eigenvalue weighted by atomic mass is 10.1. The largest absolute Gasteiger partial charge is 0.338 e. The second kappa shape index (κ2) is 9.92. The quantitative estimate of drug-likeness (QED) is 0.643. The Bertz CT molecular complexity index is 644. The maximum absolute atomic E-state index is 12.9. The van der Waals surface area contributed by atoms with Crippen LogP contribution in [-0.2, 0) is 10.0 Å². The minimum Gasteiger partial charge on any atom is -0.338 e. The average molecular weight is 369 g/mol. The molecule has 1 rings (SSSR count). The van der Waals surface area contributed by atoms with Crippen molar-refractivity contribution in [2.75, 3.05) is 19.6 Å². The standard InChI is InChI=1S/C19H32N2O3S/c1-6-7-11-20-25(23,24)18-10-8-9-17(12-18)19(22)21(13-15(2)3)14-16(4)5/h8-10,12,15-16,20H,6-7,11,13-14H2,1-5H3. The van der Waals surface area contributed by atoms with Gasteiger partial charge in [-0.3, -0.25) is 4.79 Å². The molecule has 1 N–H and O–H groups in total. The van der Waals surface area contributed by atoms with E-state index in [1.165, 1.54) is 12.1 Å². The van der Waals surface area contributed by atoms with Crippen molar-refractivity contribution in [2.24, 2.45) is 11.8 Å². The van der Waals surface area contributed by atoms with Crippen LogP contribution in [0.15, 0.2) is 29.2 Å². The summed E-state index contributed by atoms with van der Waals surface area (Å²) in [5.41, 5.74) is 0.416. The summed E-state index contributed by atoms with van der Waals surface area (Å²) in [6.07, 6.45) is 1.70. The first-order valence-corrected chi connectivity index (χ1v) is 10.5. The first-order chi connectivity index (χ1) is 11.7. The second-order valence-corrected chi connectivity index (χ2v) is 9.04. The molecule has 25 heavy (non-hydrogen) atoms. The molecule has 0 saturated carbocycles. The van der Waals surface area contributed by atoms with Crippen molar-refractivity contribution in [3.8, 4) is 0 Å². The molecule has 142 valence electrons. The Labute approximate surface area is 152 Å².